The SMILES string of the molecule is Fc1ccccc1Cc1cnc(NCc2cnc3cnccn23)s1. The summed E-state index contributed by atoms with van der Waals surface area (Å²) in [6.07, 6.45) is 9.49. The molecule has 120 valence electrons. The van der Waals surface area contributed by atoms with Gasteiger partial charge in [-0.05, 0) is 11.6 Å². The molecule has 1 N–H and O–H groups in total. The molecular weight excluding hydrogens is 325 g/mol. The number of benzene rings is 1. The van der Waals surface area contributed by atoms with E-state index in [0.29, 0.717) is 18.5 Å². The fourth-order valence-corrected chi connectivity index (χ4v) is 3.32. The average molecular weight is 339 g/mol. The molecule has 0 unspecified atom stereocenters. The number of thiazole rings is 1. The fraction of sp³-hybridized carbons (Fsp3) is 0.118. The van der Waals surface area contributed by atoms with Crippen molar-refractivity contribution in [2.45, 2.75) is 13.0 Å². The van der Waals surface area contributed by atoms with Crippen molar-refractivity contribution < 1.29 is 4.39 Å². The van der Waals surface area contributed by atoms with Crippen molar-refractivity contribution in [3.05, 3.63) is 77.2 Å². The normalized spacial score (nSPS) is 11.0. The molecule has 0 fully saturated rings. The number of aromatic nitrogens is 4. The van der Waals surface area contributed by atoms with Crippen molar-refractivity contribution in [3.63, 3.8) is 0 Å². The summed E-state index contributed by atoms with van der Waals surface area (Å²) in [5, 5.41) is 4.10. The molecule has 5 nitrogen and oxygen atoms in total. The molecule has 4 aromatic rings. The summed E-state index contributed by atoms with van der Waals surface area (Å²) in [5.41, 5.74) is 2.52. The lowest BCUT2D eigenvalue weighted by Crippen LogP contribution is -2.02. The second kappa shape index (κ2) is 6.37. The molecule has 0 saturated heterocycles. The maximum Gasteiger partial charge on any atom is 0.183 e. The van der Waals surface area contributed by atoms with Crippen molar-refractivity contribution in [2.75, 3.05) is 5.32 Å². The Balaban J connectivity index is 1.45. The van der Waals surface area contributed by atoms with Gasteiger partial charge in [0, 0.05) is 29.9 Å². The van der Waals surface area contributed by atoms with E-state index in [2.05, 4.69) is 20.3 Å². The van der Waals surface area contributed by atoms with Crippen LogP contribution in [-0.4, -0.2) is 19.4 Å². The number of hydrogen-bond donors (Lipinski definition) is 1. The average Bonchev–Trinajstić information content (AvgIpc) is 3.22. The van der Waals surface area contributed by atoms with E-state index in [1.165, 1.54) is 17.4 Å². The largest absolute Gasteiger partial charge is 0.356 e. The lowest BCUT2D eigenvalue weighted by molar-refractivity contribution is 0.614. The molecule has 0 bridgehead atoms. The molecule has 0 radical (unpaired) electrons. The van der Waals surface area contributed by atoms with Crippen LogP contribution in [0.2, 0.25) is 0 Å². The van der Waals surface area contributed by atoms with E-state index in [4.69, 9.17) is 0 Å². The number of hydrogen-bond acceptors (Lipinski definition) is 5. The van der Waals surface area contributed by atoms with E-state index >= 15 is 0 Å². The van der Waals surface area contributed by atoms with Crippen LogP contribution in [0.5, 0.6) is 0 Å². The molecule has 0 spiro atoms. The van der Waals surface area contributed by atoms with Crippen LogP contribution in [0, 0.1) is 5.82 Å². The summed E-state index contributed by atoms with van der Waals surface area (Å²) in [5.74, 6) is -0.181. The number of halogens is 1. The summed E-state index contributed by atoms with van der Waals surface area (Å²) in [6.45, 7) is 0.609. The smallest absolute Gasteiger partial charge is 0.183 e. The Bertz CT molecular complexity index is 978. The zero-order valence-corrected chi connectivity index (χ0v) is 13.5. The van der Waals surface area contributed by atoms with Crippen LogP contribution < -0.4 is 5.32 Å². The van der Waals surface area contributed by atoms with Crippen molar-refractivity contribution in [3.8, 4) is 0 Å². The summed E-state index contributed by atoms with van der Waals surface area (Å²) >= 11 is 1.53. The second-order valence-corrected chi connectivity index (χ2v) is 6.42. The van der Waals surface area contributed by atoms with Gasteiger partial charge in [0.1, 0.15) is 5.82 Å². The molecule has 0 aliphatic heterocycles. The highest BCUT2D eigenvalue weighted by molar-refractivity contribution is 7.15. The van der Waals surface area contributed by atoms with Gasteiger partial charge in [0.25, 0.3) is 0 Å². The van der Waals surface area contributed by atoms with Gasteiger partial charge in [0.15, 0.2) is 10.8 Å². The minimum Gasteiger partial charge on any atom is -0.356 e. The monoisotopic (exact) mass is 339 g/mol. The van der Waals surface area contributed by atoms with E-state index in [9.17, 15) is 4.39 Å². The van der Waals surface area contributed by atoms with E-state index in [0.717, 1.165) is 21.3 Å². The third-order valence-corrected chi connectivity index (χ3v) is 4.65. The van der Waals surface area contributed by atoms with Gasteiger partial charge >= 0.3 is 0 Å². The quantitative estimate of drug-likeness (QED) is 0.604. The van der Waals surface area contributed by atoms with Crippen molar-refractivity contribution >= 4 is 22.1 Å². The fourth-order valence-electron chi connectivity index (χ4n) is 2.49. The first-order chi connectivity index (χ1) is 11.8. The topological polar surface area (TPSA) is 55.1 Å². The minimum absolute atomic E-state index is 0.181. The molecule has 4 rings (SSSR count). The van der Waals surface area contributed by atoms with Crippen LogP contribution in [0.1, 0.15) is 16.1 Å². The highest BCUT2D eigenvalue weighted by atomic mass is 32.1. The van der Waals surface area contributed by atoms with Gasteiger partial charge in [-0.1, -0.05) is 18.2 Å². The van der Waals surface area contributed by atoms with Crippen LogP contribution in [0.3, 0.4) is 0 Å². The number of anilines is 1. The van der Waals surface area contributed by atoms with Crippen LogP contribution in [0.25, 0.3) is 5.65 Å². The Kier molecular flexibility index (Phi) is 3.92. The van der Waals surface area contributed by atoms with Gasteiger partial charge in [-0.25, -0.2) is 14.4 Å². The Labute approximate surface area is 141 Å². The molecule has 0 aliphatic carbocycles. The van der Waals surface area contributed by atoms with Gasteiger partial charge in [0.2, 0.25) is 0 Å². The van der Waals surface area contributed by atoms with Crippen molar-refractivity contribution in [1.29, 1.82) is 0 Å². The van der Waals surface area contributed by atoms with Crippen LogP contribution in [-0.2, 0) is 13.0 Å². The second-order valence-electron chi connectivity index (χ2n) is 5.31. The summed E-state index contributed by atoms with van der Waals surface area (Å²) < 4.78 is 15.7. The Morgan fingerprint density at radius 3 is 2.96 bits per heavy atom. The highest BCUT2D eigenvalue weighted by Gasteiger charge is 2.08. The molecule has 24 heavy (non-hydrogen) atoms. The first-order valence-corrected chi connectivity index (χ1v) is 8.29. The zero-order valence-electron chi connectivity index (χ0n) is 12.7. The summed E-state index contributed by atoms with van der Waals surface area (Å²) in [4.78, 5) is 13.7. The lowest BCUT2D eigenvalue weighted by Gasteiger charge is -2.02. The maximum atomic E-state index is 13.7. The highest BCUT2D eigenvalue weighted by Crippen LogP contribution is 2.22. The summed E-state index contributed by atoms with van der Waals surface area (Å²) in [7, 11) is 0. The van der Waals surface area contributed by atoms with Gasteiger partial charge < -0.3 is 5.32 Å². The molecule has 0 saturated carbocycles. The molecule has 3 heterocycles. The molecule has 3 aromatic heterocycles. The number of fused-ring (bicyclic) bond motifs is 1. The van der Waals surface area contributed by atoms with E-state index < -0.39 is 0 Å². The Morgan fingerprint density at radius 1 is 1.12 bits per heavy atom. The predicted octanol–water partition coefficient (Wildman–Crippen LogP) is 3.53. The van der Waals surface area contributed by atoms with Gasteiger partial charge in [-0.15, -0.1) is 11.3 Å². The zero-order chi connectivity index (χ0) is 16.4. The van der Waals surface area contributed by atoms with Crippen LogP contribution in [0.4, 0.5) is 9.52 Å². The number of nitrogens with one attached hydrogen (secondary N) is 1. The molecule has 1 aromatic carbocycles. The number of imidazole rings is 1. The number of rotatable bonds is 5. The van der Waals surface area contributed by atoms with Gasteiger partial charge in [-0.2, -0.15) is 0 Å². The predicted molar refractivity (Wildman–Crippen MR) is 91.6 cm³/mol. The van der Waals surface area contributed by atoms with E-state index in [1.54, 1.807) is 30.7 Å². The molecule has 7 heteroatoms. The molecular formula is C17H14FN5S. The van der Waals surface area contributed by atoms with Crippen molar-refractivity contribution in [2.24, 2.45) is 0 Å². The summed E-state index contributed by atoms with van der Waals surface area (Å²) in [6, 6.07) is 6.83. The molecule has 0 atom stereocenters. The number of nitrogens with zero attached hydrogens (tertiary/aromatic N) is 4. The molecule has 0 amide bonds. The van der Waals surface area contributed by atoms with Gasteiger partial charge in [0.05, 0.1) is 24.6 Å². The van der Waals surface area contributed by atoms with Gasteiger partial charge in [-0.3, -0.25) is 9.38 Å². The first kappa shape index (κ1) is 14.8. The third kappa shape index (κ3) is 2.98. The molecule has 0 aliphatic rings. The van der Waals surface area contributed by atoms with Crippen molar-refractivity contribution in [1.82, 2.24) is 19.4 Å². The van der Waals surface area contributed by atoms with Crippen LogP contribution in [0.15, 0.2) is 55.2 Å². The lowest BCUT2D eigenvalue weighted by atomic mass is 10.1. The van der Waals surface area contributed by atoms with E-state index in [-0.39, 0.29) is 5.82 Å². The standard InChI is InChI=1S/C17H14FN5S/c18-15-4-2-1-3-12(15)7-14-10-22-17(24-14)21-9-13-8-20-16-11-19-5-6-23(13)16/h1-6,8,10-11H,7,9H2,(H,21,22). The Morgan fingerprint density at radius 2 is 2.04 bits per heavy atom. The van der Waals surface area contributed by atoms with Crippen LogP contribution >= 0.6 is 11.3 Å². The van der Waals surface area contributed by atoms with E-state index in [1.807, 2.05) is 22.9 Å². The Hall–Kier alpha value is -2.80. The first-order valence-electron chi connectivity index (χ1n) is 7.47. The minimum atomic E-state index is -0.181. The third-order valence-electron chi connectivity index (χ3n) is 3.69. The maximum absolute atomic E-state index is 13.7.